The molecule has 4 atom stereocenters. The number of hydrogen-bond acceptors (Lipinski definition) is 7. The SMILES string of the molecule is Cc1nc(N)c2ncn(C3OC(C)C(O)C3O)c2n1. The summed E-state index contributed by atoms with van der Waals surface area (Å²) in [5, 5.41) is 19.8. The van der Waals surface area contributed by atoms with E-state index in [2.05, 4.69) is 15.0 Å². The van der Waals surface area contributed by atoms with Crippen molar-refractivity contribution in [2.45, 2.75) is 38.4 Å². The van der Waals surface area contributed by atoms with Gasteiger partial charge in [-0.2, -0.15) is 0 Å². The molecule has 3 heterocycles. The first-order valence-corrected chi connectivity index (χ1v) is 5.97. The maximum absolute atomic E-state index is 10.00. The van der Waals surface area contributed by atoms with Crippen molar-refractivity contribution in [3.63, 3.8) is 0 Å². The summed E-state index contributed by atoms with van der Waals surface area (Å²) >= 11 is 0. The minimum atomic E-state index is -1.04. The Morgan fingerprint density at radius 1 is 1.32 bits per heavy atom. The van der Waals surface area contributed by atoms with Gasteiger partial charge in [-0.25, -0.2) is 15.0 Å². The van der Waals surface area contributed by atoms with Gasteiger partial charge in [-0.1, -0.05) is 0 Å². The fourth-order valence-corrected chi connectivity index (χ4v) is 2.30. The Kier molecular flexibility index (Phi) is 2.66. The Labute approximate surface area is 108 Å². The zero-order chi connectivity index (χ0) is 13.7. The van der Waals surface area contributed by atoms with Gasteiger partial charge in [0.25, 0.3) is 0 Å². The molecule has 0 saturated carbocycles. The molecule has 8 nitrogen and oxygen atoms in total. The molecule has 0 spiro atoms. The monoisotopic (exact) mass is 265 g/mol. The molecule has 3 rings (SSSR count). The van der Waals surface area contributed by atoms with Crippen molar-refractivity contribution in [1.82, 2.24) is 19.5 Å². The van der Waals surface area contributed by atoms with Crippen LogP contribution in [0.15, 0.2) is 6.33 Å². The van der Waals surface area contributed by atoms with Crippen LogP contribution in [0.1, 0.15) is 19.0 Å². The molecule has 8 heteroatoms. The standard InChI is InChI=1S/C11H15N5O3/c1-4-7(17)8(18)11(19-4)16-3-13-6-9(12)14-5(2)15-10(6)16/h3-4,7-8,11,17-18H,1-2H3,(H2,12,14,15). The van der Waals surface area contributed by atoms with E-state index in [9.17, 15) is 10.2 Å². The summed E-state index contributed by atoms with van der Waals surface area (Å²) in [7, 11) is 0. The molecule has 102 valence electrons. The second kappa shape index (κ2) is 4.12. The van der Waals surface area contributed by atoms with Crippen LogP contribution in [-0.2, 0) is 4.74 Å². The lowest BCUT2D eigenvalue weighted by atomic mass is 10.1. The van der Waals surface area contributed by atoms with Crippen LogP contribution in [0.25, 0.3) is 11.2 Å². The molecule has 19 heavy (non-hydrogen) atoms. The summed E-state index contributed by atoms with van der Waals surface area (Å²) in [4.78, 5) is 12.4. The van der Waals surface area contributed by atoms with Gasteiger partial charge in [-0.15, -0.1) is 0 Å². The third-order valence-electron chi connectivity index (χ3n) is 3.31. The number of anilines is 1. The lowest BCUT2D eigenvalue weighted by Crippen LogP contribution is -2.30. The highest BCUT2D eigenvalue weighted by Crippen LogP contribution is 2.31. The summed E-state index contributed by atoms with van der Waals surface area (Å²) in [6.07, 6.45) is -1.69. The van der Waals surface area contributed by atoms with E-state index in [4.69, 9.17) is 10.5 Å². The Morgan fingerprint density at radius 3 is 2.68 bits per heavy atom. The third-order valence-corrected chi connectivity index (χ3v) is 3.31. The first-order chi connectivity index (χ1) is 8.99. The minimum absolute atomic E-state index is 0.280. The van der Waals surface area contributed by atoms with Gasteiger partial charge in [0.15, 0.2) is 17.7 Å². The number of aryl methyl sites for hydroxylation is 1. The highest BCUT2D eigenvalue weighted by Gasteiger charge is 2.42. The molecule has 4 unspecified atom stereocenters. The number of aromatic nitrogens is 4. The Balaban J connectivity index is 2.11. The van der Waals surface area contributed by atoms with Gasteiger partial charge < -0.3 is 20.7 Å². The molecule has 4 N–H and O–H groups in total. The van der Waals surface area contributed by atoms with Crippen LogP contribution < -0.4 is 5.73 Å². The molecule has 0 radical (unpaired) electrons. The molecule has 0 aromatic carbocycles. The molecular formula is C11H15N5O3. The number of ether oxygens (including phenoxy) is 1. The van der Waals surface area contributed by atoms with Gasteiger partial charge in [-0.3, -0.25) is 4.57 Å². The average molecular weight is 265 g/mol. The molecule has 0 aliphatic carbocycles. The fourth-order valence-electron chi connectivity index (χ4n) is 2.30. The van der Waals surface area contributed by atoms with Crippen LogP contribution in [0, 0.1) is 6.92 Å². The maximum Gasteiger partial charge on any atom is 0.167 e. The van der Waals surface area contributed by atoms with Gasteiger partial charge in [0, 0.05) is 0 Å². The topological polar surface area (TPSA) is 119 Å². The lowest BCUT2D eigenvalue weighted by Gasteiger charge is -2.16. The number of imidazole rings is 1. The van der Waals surface area contributed by atoms with E-state index in [1.165, 1.54) is 6.33 Å². The van der Waals surface area contributed by atoms with Crippen molar-refractivity contribution in [2.24, 2.45) is 0 Å². The number of aliphatic hydroxyl groups excluding tert-OH is 2. The minimum Gasteiger partial charge on any atom is -0.388 e. The van der Waals surface area contributed by atoms with Crippen LogP contribution in [0.5, 0.6) is 0 Å². The van der Waals surface area contributed by atoms with E-state index in [1.54, 1.807) is 18.4 Å². The highest BCUT2D eigenvalue weighted by molar-refractivity contribution is 5.81. The summed E-state index contributed by atoms with van der Waals surface area (Å²) in [5.41, 5.74) is 6.71. The summed E-state index contributed by atoms with van der Waals surface area (Å²) < 4.78 is 7.11. The molecule has 0 bridgehead atoms. The van der Waals surface area contributed by atoms with E-state index in [0.29, 0.717) is 17.0 Å². The van der Waals surface area contributed by atoms with E-state index in [0.717, 1.165) is 0 Å². The lowest BCUT2D eigenvalue weighted by molar-refractivity contribution is -0.0299. The molecule has 2 aromatic rings. The fraction of sp³-hybridized carbons (Fsp3) is 0.545. The number of rotatable bonds is 1. The summed E-state index contributed by atoms with van der Waals surface area (Å²) in [5.74, 6) is 0.787. The summed E-state index contributed by atoms with van der Waals surface area (Å²) in [6.45, 7) is 3.41. The van der Waals surface area contributed by atoms with E-state index in [-0.39, 0.29) is 5.82 Å². The molecule has 0 amide bonds. The van der Waals surface area contributed by atoms with Crippen LogP contribution >= 0.6 is 0 Å². The zero-order valence-electron chi connectivity index (χ0n) is 10.6. The van der Waals surface area contributed by atoms with Crippen molar-refractivity contribution in [3.05, 3.63) is 12.2 Å². The Bertz CT molecular complexity index is 628. The normalized spacial score (nSPS) is 31.2. The molecule has 1 aliphatic rings. The second-order valence-corrected chi connectivity index (χ2v) is 4.69. The number of aliphatic hydroxyl groups is 2. The number of nitrogen functional groups attached to an aromatic ring is 1. The van der Waals surface area contributed by atoms with Crippen LogP contribution in [0.4, 0.5) is 5.82 Å². The first kappa shape index (κ1) is 12.3. The maximum atomic E-state index is 10.00. The van der Waals surface area contributed by atoms with Crippen molar-refractivity contribution in [3.8, 4) is 0 Å². The Morgan fingerprint density at radius 2 is 2.05 bits per heavy atom. The predicted molar refractivity (Wildman–Crippen MR) is 66.1 cm³/mol. The van der Waals surface area contributed by atoms with Gasteiger partial charge in [-0.05, 0) is 13.8 Å². The van der Waals surface area contributed by atoms with Crippen molar-refractivity contribution >= 4 is 17.0 Å². The van der Waals surface area contributed by atoms with Crippen molar-refractivity contribution in [1.29, 1.82) is 0 Å². The van der Waals surface area contributed by atoms with Gasteiger partial charge in [0.05, 0.1) is 12.4 Å². The van der Waals surface area contributed by atoms with Gasteiger partial charge in [0.2, 0.25) is 0 Å². The van der Waals surface area contributed by atoms with Gasteiger partial charge >= 0.3 is 0 Å². The molecule has 2 aromatic heterocycles. The van der Waals surface area contributed by atoms with Crippen LogP contribution in [0.2, 0.25) is 0 Å². The quantitative estimate of drug-likeness (QED) is 0.627. The highest BCUT2D eigenvalue weighted by atomic mass is 16.6. The number of nitrogens with zero attached hydrogens (tertiary/aromatic N) is 4. The molecule has 1 aliphatic heterocycles. The first-order valence-electron chi connectivity index (χ1n) is 5.97. The average Bonchev–Trinajstić information content (AvgIpc) is 2.86. The van der Waals surface area contributed by atoms with Crippen LogP contribution in [-0.4, -0.2) is 48.0 Å². The number of nitrogens with two attached hydrogens (primary N) is 1. The smallest absolute Gasteiger partial charge is 0.167 e. The van der Waals surface area contributed by atoms with Crippen LogP contribution in [0.3, 0.4) is 0 Å². The van der Waals surface area contributed by atoms with Crippen molar-refractivity contribution < 1.29 is 14.9 Å². The predicted octanol–water partition coefficient (Wildman–Crippen LogP) is -0.644. The molecule has 1 saturated heterocycles. The van der Waals surface area contributed by atoms with E-state index < -0.39 is 24.5 Å². The number of hydrogen-bond donors (Lipinski definition) is 3. The molecular weight excluding hydrogens is 250 g/mol. The Hall–Kier alpha value is -1.77. The third kappa shape index (κ3) is 1.76. The summed E-state index contributed by atoms with van der Waals surface area (Å²) in [6, 6.07) is 0. The largest absolute Gasteiger partial charge is 0.388 e. The second-order valence-electron chi connectivity index (χ2n) is 4.69. The molecule has 1 fully saturated rings. The van der Waals surface area contributed by atoms with E-state index >= 15 is 0 Å². The zero-order valence-corrected chi connectivity index (χ0v) is 10.6. The number of fused-ring (bicyclic) bond motifs is 1. The van der Waals surface area contributed by atoms with E-state index in [1.807, 2.05) is 0 Å². The van der Waals surface area contributed by atoms with Gasteiger partial charge in [0.1, 0.15) is 23.5 Å². The van der Waals surface area contributed by atoms with Crippen molar-refractivity contribution in [2.75, 3.05) is 5.73 Å².